The quantitative estimate of drug-likeness (QED) is 0.176. The normalized spacial score (nSPS) is 12.3. The van der Waals surface area contributed by atoms with Crippen LogP contribution in [0.4, 0.5) is 0 Å². The topological polar surface area (TPSA) is 100 Å². The molecule has 2 heterocycles. The van der Waals surface area contributed by atoms with Crippen molar-refractivity contribution in [2.45, 2.75) is 26.0 Å². The van der Waals surface area contributed by atoms with Crippen LogP contribution in [0.2, 0.25) is 0 Å². The molecular formula is C20H27IN6O2. The van der Waals surface area contributed by atoms with Gasteiger partial charge >= 0.3 is 0 Å². The molecule has 0 saturated heterocycles. The summed E-state index contributed by atoms with van der Waals surface area (Å²) in [7, 11) is 1.73. The molecule has 9 heteroatoms. The van der Waals surface area contributed by atoms with Gasteiger partial charge in [0.2, 0.25) is 5.82 Å². The van der Waals surface area contributed by atoms with Crippen LogP contribution in [0.15, 0.2) is 58.1 Å². The second-order valence-corrected chi connectivity index (χ2v) is 6.21. The van der Waals surface area contributed by atoms with E-state index in [-0.39, 0.29) is 30.1 Å². The van der Waals surface area contributed by atoms with Crippen molar-refractivity contribution in [3.05, 3.63) is 60.1 Å². The van der Waals surface area contributed by atoms with Gasteiger partial charge in [-0.05, 0) is 31.0 Å². The van der Waals surface area contributed by atoms with E-state index in [4.69, 9.17) is 9.15 Å². The van der Waals surface area contributed by atoms with Crippen molar-refractivity contribution in [2.75, 3.05) is 20.2 Å². The monoisotopic (exact) mass is 510 g/mol. The Hall–Kier alpha value is -2.40. The molecule has 1 atom stereocenters. The third-order valence-electron chi connectivity index (χ3n) is 4.17. The standard InChI is InChI=1S/C20H26N6O2.HI/c1-15(16-8-4-3-5-9-16)27-13-7-11-22-20(21-2)23-14-18-24-19(26-25-18)17-10-6-12-28-17;/h3-6,8-10,12,15H,7,11,13-14H2,1-2H3,(H2,21,22,23)(H,24,25,26);1H. The van der Waals surface area contributed by atoms with E-state index >= 15 is 0 Å². The number of aromatic amines is 1. The van der Waals surface area contributed by atoms with Gasteiger partial charge in [0.1, 0.15) is 5.82 Å². The lowest BCUT2D eigenvalue weighted by atomic mass is 10.1. The number of hydrogen-bond acceptors (Lipinski definition) is 5. The van der Waals surface area contributed by atoms with Gasteiger partial charge in [0, 0.05) is 20.2 Å². The van der Waals surface area contributed by atoms with Crippen LogP contribution in [0.3, 0.4) is 0 Å². The number of aliphatic imine (C=N–C) groups is 1. The van der Waals surface area contributed by atoms with Crippen molar-refractivity contribution in [3.8, 4) is 11.6 Å². The first-order valence-corrected chi connectivity index (χ1v) is 9.32. The van der Waals surface area contributed by atoms with E-state index in [2.05, 4.69) is 49.9 Å². The molecule has 0 saturated carbocycles. The lowest BCUT2D eigenvalue weighted by Crippen LogP contribution is -2.37. The predicted octanol–water partition coefficient (Wildman–Crippen LogP) is 3.52. The molecule has 3 aromatic rings. The molecule has 29 heavy (non-hydrogen) atoms. The van der Waals surface area contributed by atoms with Gasteiger partial charge in [-0.1, -0.05) is 30.3 Å². The predicted molar refractivity (Wildman–Crippen MR) is 123 cm³/mol. The zero-order valence-corrected chi connectivity index (χ0v) is 18.9. The highest BCUT2D eigenvalue weighted by Crippen LogP contribution is 2.16. The number of rotatable bonds is 9. The molecule has 3 N–H and O–H groups in total. The first-order valence-electron chi connectivity index (χ1n) is 9.32. The van der Waals surface area contributed by atoms with E-state index in [1.165, 1.54) is 5.56 Å². The van der Waals surface area contributed by atoms with Crippen LogP contribution in [-0.2, 0) is 11.3 Å². The number of nitrogens with zero attached hydrogens (tertiary/aromatic N) is 3. The maximum absolute atomic E-state index is 5.88. The van der Waals surface area contributed by atoms with E-state index < -0.39 is 0 Å². The van der Waals surface area contributed by atoms with Gasteiger partial charge in [-0.15, -0.1) is 29.1 Å². The molecule has 0 aliphatic carbocycles. The van der Waals surface area contributed by atoms with Crippen molar-refractivity contribution < 1.29 is 9.15 Å². The second kappa shape index (κ2) is 12.2. The number of hydrogen-bond donors (Lipinski definition) is 3. The minimum Gasteiger partial charge on any atom is -0.461 e. The van der Waals surface area contributed by atoms with Crippen LogP contribution in [0.5, 0.6) is 0 Å². The lowest BCUT2D eigenvalue weighted by molar-refractivity contribution is 0.0646. The SMILES string of the molecule is CN=C(NCCCOC(C)c1ccccc1)NCc1nc(-c2ccco2)n[nH]1.I. The molecule has 0 fully saturated rings. The summed E-state index contributed by atoms with van der Waals surface area (Å²) in [6.45, 7) is 3.98. The number of aromatic nitrogens is 3. The number of H-pyrrole nitrogens is 1. The Morgan fingerprint density at radius 2 is 2.03 bits per heavy atom. The van der Waals surface area contributed by atoms with Gasteiger partial charge in [-0.2, -0.15) is 0 Å². The van der Waals surface area contributed by atoms with Gasteiger partial charge in [-0.25, -0.2) is 4.98 Å². The molecule has 2 aromatic heterocycles. The first kappa shape index (κ1) is 22.9. The minimum absolute atomic E-state index is 0. The average molecular weight is 510 g/mol. The molecule has 156 valence electrons. The Kier molecular flexibility index (Phi) is 9.65. The van der Waals surface area contributed by atoms with Crippen LogP contribution in [0.1, 0.15) is 30.8 Å². The fourth-order valence-electron chi connectivity index (χ4n) is 2.64. The number of benzene rings is 1. The van der Waals surface area contributed by atoms with Crippen LogP contribution in [0, 0.1) is 0 Å². The number of ether oxygens (including phenoxy) is 1. The molecule has 0 aliphatic heterocycles. The highest BCUT2D eigenvalue weighted by molar-refractivity contribution is 14.0. The molecule has 8 nitrogen and oxygen atoms in total. The number of halogens is 1. The van der Waals surface area contributed by atoms with E-state index in [0.29, 0.717) is 36.5 Å². The molecular weight excluding hydrogens is 483 g/mol. The van der Waals surface area contributed by atoms with Crippen LogP contribution in [-0.4, -0.2) is 41.3 Å². The minimum atomic E-state index is 0. The largest absolute Gasteiger partial charge is 0.461 e. The first-order chi connectivity index (χ1) is 13.8. The van der Waals surface area contributed by atoms with Crippen LogP contribution < -0.4 is 10.6 Å². The summed E-state index contributed by atoms with van der Waals surface area (Å²) in [5, 5.41) is 13.5. The molecule has 0 aliphatic rings. The summed E-state index contributed by atoms with van der Waals surface area (Å²) in [5.74, 6) is 2.57. The Labute approximate surface area is 187 Å². The lowest BCUT2D eigenvalue weighted by Gasteiger charge is -2.14. The van der Waals surface area contributed by atoms with Gasteiger partial charge in [-0.3, -0.25) is 10.1 Å². The maximum Gasteiger partial charge on any atom is 0.216 e. The smallest absolute Gasteiger partial charge is 0.216 e. The Balaban J connectivity index is 0.00000300. The summed E-state index contributed by atoms with van der Waals surface area (Å²) < 4.78 is 11.2. The number of nitrogens with one attached hydrogen (secondary N) is 3. The summed E-state index contributed by atoms with van der Waals surface area (Å²) in [4.78, 5) is 8.60. The summed E-state index contributed by atoms with van der Waals surface area (Å²) in [5.41, 5.74) is 1.19. The zero-order valence-electron chi connectivity index (χ0n) is 16.6. The Bertz CT molecular complexity index is 851. The summed E-state index contributed by atoms with van der Waals surface area (Å²) in [6.07, 6.45) is 2.57. The van der Waals surface area contributed by atoms with Crippen molar-refractivity contribution in [3.63, 3.8) is 0 Å². The Morgan fingerprint density at radius 1 is 1.21 bits per heavy atom. The zero-order chi connectivity index (χ0) is 19.6. The fraction of sp³-hybridized carbons (Fsp3) is 0.350. The highest BCUT2D eigenvalue weighted by atomic mass is 127. The van der Waals surface area contributed by atoms with E-state index in [9.17, 15) is 0 Å². The second-order valence-electron chi connectivity index (χ2n) is 6.21. The van der Waals surface area contributed by atoms with Gasteiger partial charge in [0.25, 0.3) is 0 Å². The third kappa shape index (κ3) is 7.17. The van der Waals surface area contributed by atoms with Gasteiger partial charge < -0.3 is 19.8 Å². The van der Waals surface area contributed by atoms with Crippen molar-refractivity contribution >= 4 is 29.9 Å². The van der Waals surface area contributed by atoms with Crippen molar-refractivity contribution in [1.29, 1.82) is 0 Å². The maximum atomic E-state index is 5.88. The fourth-order valence-corrected chi connectivity index (χ4v) is 2.64. The number of furan rings is 1. The van der Waals surface area contributed by atoms with Crippen LogP contribution >= 0.6 is 24.0 Å². The average Bonchev–Trinajstić information content (AvgIpc) is 3.42. The van der Waals surface area contributed by atoms with Crippen LogP contribution in [0.25, 0.3) is 11.6 Å². The molecule has 0 spiro atoms. The molecule has 0 amide bonds. The van der Waals surface area contributed by atoms with E-state index in [1.54, 1.807) is 19.4 Å². The summed E-state index contributed by atoms with van der Waals surface area (Å²) >= 11 is 0. The third-order valence-corrected chi connectivity index (χ3v) is 4.17. The molecule has 1 unspecified atom stereocenters. The summed E-state index contributed by atoms with van der Waals surface area (Å²) in [6, 6.07) is 13.8. The Morgan fingerprint density at radius 3 is 2.76 bits per heavy atom. The van der Waals surface area contributed by atoms with Crippen molar-refractivity contribution in [1.82, 2.24) is 25.8 Å². The van der Waals surface area contributed by atoms with E-state index in [0.717, 1.165) is 13.0 Å². The molecule has 1 aromatic carbocycles. The van der Waals surface area contributed by atoms with E-state index in [1.807, 2.05) is 24.3 Å². The van der Waals surface area contributed by atoms with Gasteiger partial charge in [0.15, 0.2) is 11.7 Å². The van der Waals surface area contributed by atoms with Crippen molar-refractivity contribution in [2.24, 2.45) is 4.99 Å². The van der Waals surface area contributed by atoms with Gasteiger partial charge in [0.05, 0.1) is 18.9 Å². The molecule has 3 rings (SSSR count). The highest BCUT2D eigenvalue weighted by Gasteiger charge is 2.09. The number of guanidine groups is 1. The molecule has 0 bridgehead atoms. The molecule has 0 radical (unpaired) electrons.